The number of hydrogen-bond acceptors (Lipinski definition) is 5. The molecule has 1 N–H and O–H groups in total. The molecule has 0 saturated carbocycles. The van der Waals surface area contributed by atoms with E-state index >= 15 is 0 Å². The highest BCUT2D eigenvalue weighted by Gasteiger charge is 2.24. The van der Waals surface area contributed by atoms with Gasteiger partial charge in [0, 0.05) is 10.6 Å². The predicted octanol–water partition coefficient (Wildman–Crippen LogP) is 3.93. The Labute approximate surface area is 156 Å². The van der Waals surface area contributed by atoms with Crippen LogP contribution in [0, 0.1) is 17.2 Å². The molecule has 3 rings (SSSR count). The second-order valence-electron chi connectivity index (χ2n) is 6.64. The van der Waals surface area contributed by atoms with Crippen LogP contribution >= 0.6 is 11.3 Å². The number of carbonyl (C=O) groups is 2. The summed E-state index contributed by atoms with van der Waals surface area (Å²) < 4.78 is 5.33. The predicted molar refractivity (Wildman–Crippen MR) is 100 cm³/mol. The van der Waals surface area contributed by atoms with E-state index in [1.165, 1.54) is 28.7 Å². The molecule has 2 aromatic rings. The third-order valence-electron chi connectivity index (χ3n) is 4.44. The lowest BCUT2D eigenvalue weighted by molar-refractivity contribution is -0.123. The molecule has 1 aliphatic carbocycles. The molecule has 1 heterocycles. The van der Waals surface area contributed by atoms with Gasteiger partial charge < -0.3 is 10.1 Å². The molecule has 1 aliphatic rings. The molecule has 26 heavy (non-hydrogen) atoms. The van der Waals surface area contributed by atoms with Crippen molar-refractivity contribution in [3.05, 3.63) is 51.2 Å². The second kappa shape index (κ2) is 7.71. The first-order chi connectivity index (χ1) is 12.5. The molecule has 0 aliphatic heterocycles. The average molecular weight is 368 g/mol. The normalized spacial score (nSPS) is 16.9. The van der Waals surface area contributed by atoms with Gasteiger partial charge in [0.05, 0.1) is 11.6 Å². The van der Waals surface area contributed by atoms with Crippen LogP contribution in [0.3, 0.4) is 0 Å². The lowest BCUT2D eigenvalue weighted by Gasteiger charge is -2.16. The first kappa shape index (κ1) is 18.2. The van der Waals surface area contributed by atoms with Gasteiger partial charge in [0.15, 0.2) is 6.10 Å². The van der Waals surface area contributed by atoms with Crippen LogP contribution in [0.5, 0.6) is 0 Å². The largest absolute Gasteiger partial charge is 0.448 e. The fourth-order valence-corrected chi connectivity index (χ4v) is 4.08. The number of thiophene rings is 1. The van der Waals surface area contributed by atoms with Gasteiger partial charge in [-0.05, 0) is 61.9 Å². The summed E-state index contributed by atoms with van der Waals surface area (Å²) in [6.45, 7) is 3.75. The number of aryl methyl sites for hydroxylation is 1. The van der Waals surface area contributed by atoms with Crippen LogP contribution in [-0.2, 0) is 22.4 Å². The number of hydrogen-bond donors (Lipinski definition) is 1. The van der Waals surface area contributed by atoms with Gasteiger partial charge in [-0.3, -0.25) is 4.79 Å². The van der Waals surface area contributed by atoms with Crippen molar-refractivity contribution in [3.63, 3.8) is 0 Å². The van der Waals surface area contributed by atoms with Crippen molar-refractivity contribution in [2.45, 2.75) is 39.2 Å². The second-order valence-corrected chi connectivity index (χ2v) is 7.77. The Morgan fingerprint density at radius 2 is 2.19 bits per heavy atom. The minimum atomic E-state index is -0.925. The molecular formula is C20H20N2O3S. The average Bonchev–Trinajstić information content (AvgIpc) is 3.05. The van der Waals surface area contributed by atoms with Gasteiger partial charge in [-0.2, -0.15) is 5.26 Å². The Hall–Kier alpha value is -2.65. The molecule has 1 amide bonds. The third-order valence-corrected chi connectivity index (χ3v) is 5.66. The summed E-state index contributed by atoms with van der Waals surface area (Å²) in [7, 11) is 0. The van der Waals surface area contributed by atoms with E-state index in [4.69, 9.17) is 10.00 Å². The van der Waals surface area contributed by atoms with Gasteiger partial charge in [-0.15, -0.1) is 11.3 Å². The highest BCUT2D eigenvalue weighted by atomic mass is 32.1. The fraction of sp³-hybridized carbons (Fsp3) is 0.350. The van der Waals surface area contributed by atoms with Crippen LogP contribution in [0.4, 0.5) is 5.69 Å². The summed E-state index contributed by atoms with van der Waals surface area (Å²) in [5.74, 6) is -0.260. The number of carbonyl (C=O) groups excluding carboxylic acids is 2. The fourth-order valence-electron chi connectivity index (χ4n) is 2.99. The molecule has 0 radical (unpaired) electrons. The molecule has 0 unspecified atom stereocenters. The molecule has 5 nitrogen and oxygen atoms in total. The molecule has 6 heteroatoms. The lowest BCUT2D eigenvalue weighted by Crippen LogP contribution is -2.29. The van der Waals surface area contributed by atoms with Gasteiger partial charge in [-0.25, -0.2) is 4.79 Å². The van der Waals surface area contributed by atoms with Crippen molar-refractivity contribution >= 4 is 28.9 Å². The number of benzene rings is 1. The summed E-state index contributed by atoms with van der Waals surface area (Å²) in [5, 5.41) is 11.6. The summed E-state index contributed by atoms with van der Waals surface area (Å²) in [6, 6.07) is 10.5. The number of nitrogens with zero attached hydrogens (tertiary/aromatic N) is 1. The van der Waals surface area contributed by atoms with Crippen molar-refractivity contribution < 1.29 is 14.3 Å². The Kier molecular flexibility index (Phi) is 5.38. The molecule has 0 bridgehead atoms. The Morgan fingerprint density at radius 1 is 1.38 bits per heavy atom. The van der Waals surface area contributed by atoms with E-state index in [0.29, 0.717) is 22.0 Å². The van der Waals surface area contributed by atoms with Crippen LogP contribution in [0.1, 0.15) is 45.9 Å². The van der Waals surface area contributed by atoms with E-state index in [-0.39, 0.29) is 0 Å². The SMILES string of the molecule is C[C@@H]1CCc2sc(C(=O)O[C@@H](C)C(=O)Nc3cccc(C#N)c3)cc2C1. The van der Waals surface area contributed by atoms with Crippen LogP contribution in [0.25, 0.3) is 0 Å². The quantitative estimate of drug-likeness (QED) is 0.829. The van der Waals surface area contributed by atoms with Crippen LogP contribution < -0.4 is 5.32 Å². The van der Waals surface area contributed by atoms with E-state index in [1.54, 1.807) is 24.3 Å². The number of anilines is 1. The van der Waals surface area contributed by atoms with Crippen molar-refractivity contribution in [3.8, 4) is 6.07 Å². The molecular weight excluding hydrogens is 348 g/mol. The Balaban J connectivity index is 1.62. The number of nitrogens with one attached hydrogen (secondary N) is 1. The topological polar surface area (TPSA) is 79.2 Å². The summed E-state index contributed by atoms with van der Waals surface area (Å²) in [5.41, 5.74) is 2.18. The summed E-state index contributed by atoms with van der Waals surface area (Å²) >= 11 is 1.47. The number of amides is 1. The Bertz CT molecular complexity index is 881. The number of nitriles is 1. The van der Waals surface area contributed by atoms with Crippen molar-refractivity contribution in [2.24, 2.45) is 5.92 Å². The zero-order valence-electron chi connectivity index (χ0n) is 14.7. The van der Waals surface area contributed by atoms with Crippen molar-refractivity contribution in [1.82, 2.24) is 0 Å². The number of esters is 1. The molecule has 134 valence electrons. The van der Waals surface area contributed by atoms with E-state index in [9.17, 15) is 9.59 Å². The molecule has 0 saturated heterocycles. The van der Waals surface area contributed by atoms with Crippen LogP contribution in [-0.4, -0.2) is 18.0 Å². The van der Waals surface area contributed by atoms with Gasteiger partial charge in [-0.1, -0.05) is 13.0 Å². The smallest absolute Gasteiger partial charge is 0.349 e. The maximum absolute atomic E-state index is 12.4. The van der Waals surface area contributed by atoms with Crippen molar-refractivity contribution in [1.29, 1.82) is 5.26 Å². The van der Waals surface area contributed by atoms with E-state index < -0.39 is 18.0 Å². The van der Waals surface area contributed by atoms with Gasteiger partial charge in [0.2, 0.25) is 0 Å². The van der Waals surface area contributed by atoms with Gasteiger partial charge in [0.25, 0.3) is 5.91 Å². The van der Waals surface area contributed by atoms with E-state index in [1.807, 2.05) is 12.1 Å². The van der Waals surface area contributed by atoms with E-state index in [2.05, 4.69) is 12.2 Å². The zero-order valence-corrected chi connectivity index (χ0v) is 15.6. The standard InChI is InChI=1S/C20H20N2O3S/c1-12-6-7-17-15(8-12)10-18(26-17)20(24)25-13(2)19(23)22-16-5-3-4-14(9-16)11-21/h3-5,9-10,12-13H,6-8H2,1-2H3,(H,22,23)/t12-,13+/m1/s1. The van der Waals surface area contributed by atoms with Crippen molar-refractivity contribution in [2.75, 3.05) is 5.32 Å². The number of fused-ring (bicyclic) bond motifs is 1. The molecule has 0 fully saturated rings. The molecule has 1 aromatic carbocycles. The minimum absolute atomic E-state index is 0.427. The van der Waals surface area contributed by atoms with Crippen LogP contribution in [0.2, 0.25) is 0 Å². The Morgan fingerprint density at radius 3 is 2.96 bits per heavy atom. The molecule has 0 spiro atoms. The minimum Gasteiger partial charge on any atom is -0.448 e. The highest BCUT2D eigenvalue weighted by molar-refractivity contribution is 7.14. The first-order valence-electron chi connectivity index (χ1n) is 8.60. The maximum atomic E-state index is 12.4. The van der Waals surface area contributed by atoms with E-state index in [0.717, 1.165) is 19.3 Å². The first-order valence-corrected chi connectivity index (χ1v) is 9.41. The maximum Gasteiger partial charge on any atom is 0.349 e. The number of ether oxygens (including phenoxy) is 1. The lowest BCUT2D eigenvalue weighted by atomic mass is 9.90. The third kappa shape index (κ3) is 4.12. The zero-order chi connectivity index (χ0) is 18.7. The molecule has 1 aromatic heterocycles. The van der Waals surface area contributed by atoms with Crippen LogP contribution in [0.15, 0.2) is 30.3 Å². The van der Waals surface area contributed by atoms with Gasteiger partial charge in [0.1, 0.15) is 4.88 Å². The molecule has 2 atom stereocenters. The monoisotopic (exact) mass is 368 g/mol. The summed E-state index contributed by atoms with van der Waals surface area (Å²) in [4.78, 5) is 26.4. The number of rotatable bonds is 4. The van der Waals surface area contributed by atoms with Gasteiger partial charge >= 0.3 is 5.97 Å². The summed E-state index contributed by atoms with van der Waals surface area (Å²) in [6.07, 6.45) is 2.21. The highest BCUT2D eigenvalue weighted by Crippen LogP contribution is 2.32.